The summed E-state index contributed by atoms with van der Waals surface area (Å²) in [6.45, 7) is 6.33. The number of benzene rings is 1. The van der Waals surface area contributed by atoms with Gasteiger partial charge >= 0.3 is 0 Å². The van der Waals surface area contributed by atoms with Crippen LogP contribution in [-0.4, -0.2) is 13.2 Å². The second-order valence-electron chi connectivity index (χ2n) is 3.55. The van der Waals surface area contributed by atoms with Gasteiger partial charge in [0.25, 0.3) is 0 Å². The van der Waals surface area contributed by atoms with E-state index in [2.05, 4.69) is 45.0 Å². The minimum atomic E-state index is 0.190. The van der Waals surface area contributed by atoms with Crippen LogP contribution in [0.4, 0.5) is 0 Å². The Morgan fingerprint density at radius 3 is 2.21 bits per heavy atom. The number of methoxy groups -OCH3 is 1. The van der Waals surface area contributed by atoms with Gasteiger partial charge in [-0.1, -0.05) is 30.3 Å². The molecule has 0 saturated carbocycles. The van der Waals surface area contributed by atoms with E-state index in [0.717, 1.165) is 0 Å². The van der Waals surface area contributed by atoms with Gasteiger partial charge in [-0.15, -0.1) is 0 Å². The first-order valence-corrected chi connectivity index (χ1v) is 4.92. The first-order valence-electron chi connectivity index (χ1n) is 4.92. The topological polar surface area (TPSA) is 9.23 Å². The lowest BCUT2D eigenvalue weighted by Crippen LogP contribution is -2.07. The Balaban J connectivity index is 2.99. The Labute approximate surface area is 86.4 Å². The van der Waals surface area contributed by atoms with E-state index in [4.69, 9.17) is 4.74 Å². The van der Waals surface area contributed by atoms with Crippen LogP contribution in [0.15, 0.2) is 35.9 Å². The first-order chi connectivity index (χ1) is 6.66. The van der Waals surface area contributed by atoms with Crippen molar-refractivity contribution in [2.75, 3.05) is 7.11 Å². The van der Waals surface area contributed by atoms with E-state index in [9.17, 15) is 0 Å². The van der Waals surface area contributed by atoms with Crippen molar-refractivity contribution < 1.29 is 4.74 Å². The molecule has 1 atom stereocenters. The van der Waals surface area contributed by atoms with E-state index in [-0.39, 0.29) is 6.10 Å². The summed E-state index contributed by atoms with van der Waals surface area (Å²) in [6, 6.07) is 10.4. The fourth-order valence-corrected chi connectivity index (χ4v) is 1.40. The van der Waals surface area contributed by atoms with Crippen molar-refractivity contribution in [1.82, 2.24) is 0 Å². The van der Waals surface area contributed by atoms with E-state index >= 15 is 0 Å². The third kappa shape index (κ3) is 2.46. The van der Waals surface area contributed by atoms with E-state index < -0.39 is 0 Å². The van der Waals surface area contributed by atoms with Gasteiger partial charge in [-0.3, -0.25) is 0 Å². The molecule has 0 aliphatic heterocycles. The Morgan fingerprint density at radius 1 is 1.14 bits per heavy atom. The lowest BCUT2D eigenvalue weighted by Gasteiger charge is -2.14. The molecule has 1 aromatic rings. The average molecular weight is 190 g/mol. The van der Waals surface area contributed by atoms with Crippen molar-refractivity contribution in [2.24, 2.45) is 0 Å². The quantitative estimate of drug-likeness (QED) is 0.708. The van der Waals surface area contributed by atoms with Crippen molar-refractivity contribution in [3.05, 3.63) is 41.5 Å². The molecule has 1 nitrogen and oxygen atoms in total. The van der Waals surface area contributed by atoms with E-state index in [1.54, 1.807) is 7.11 Å². The van der Waals surface area contributed by atoms with Gasteiger partial charge in [-0.2, -0.15) is 0 Å². The summed E-state index contributed by atoms with van der Waals surface area (Å²) in [7, 11) is 1.74. The highest BCUT2D eigenvalue weighted by atomic mass is 16.5. The average Bonchev–Trinajstić information content (AvgIpc) is 2.27. The molecule has 14 heavy (non-hydrogen) atoms. The number of hydrogen-bond acceptors (Lipinski definition) is 1. The molecular weight excluding hydrogens is 172 g/mol. The van der Waals surface area contributed by atoms with Crippen LogP contribution in [0.2, 0.25) is 0 Å². The van der Waals surface area contributed by atoms with Crippen LogP contribution in [0, 0.1) is 0 Å². The summed E-state index contributed by atoms with van der Waals surface area (Å²) in [5.74, 6) is 0. The molecule has 0 spiro atoms. The van der Waals surface area contributed by atoms with Crippen LogP contribution in [0.25, 0.3) is 5.57 Å². The molecule has 0 aromatic heterocycles. The van der Waals surface area contributed by atoms with E-state index in [1.807, 2.05) is 6.07 Å². The van der Waals surface area contributed by atoms with Crippen LogP contribution in [-0.2, 0) is 4.74 Å². The second-order valence-corrected chi connectivity index (χ2v) is 3.55. The highest BCUT2D eigenvalue weighted by Crippen LogP contribution is 2.20. The molecule has 0 saturated heterocycles. The van der Waals surface area contributed by atoms with Crippen molar-refractivity contribution in [2.45, 2.75) is 26.9 Å². The van der Waals surface area contributed by atoms with Gasteiger partial charge in [0, 0.05) is 7.11 Å². The standard InChI is InChI=1S/C13H18O/c1-10(12(3)14-4)11(2)13-8-6-5-7-9-13/h5-9,12H,1-4H3/b11-10+. The van der Waals surface area contributed by atoms with E-state index in [1.165, 1.54) is 16.7 Å². The van der Waals surface area contributed by atoms with Gasteiger partial charge in [-0.05, 0) is 37.5 Å². The molecule has 1 heteroatoms. The van der Waals surface area contributed by atoms with Crippen molar-refractivity contribution in [3.8, 4) is 0 Å². The van der Waals surface area contributed by atoms with Crippen LogP contribution >= 0.6 is 0 Å². The minimum absolute atomic E-state index is 0.190. The summed E-state index contributed by atoms with van der Waals surface area (Å²) in [4.78, 5) is 0. The zero-order valence-corrected chi connectivity index (χ0v) is 9.37. The molecule has 76 valence electrons. The molecular formula is C13H18O. The monoisotopic (exact) mass is 190 g/mol. The van der Waals surface area contributed by atoms with Gasteiger partial charge in [0.2, 0.25) is 0 Å². The van der Waals surface area contributed by atoms with Gasteiger partial charge in [-0.25, -0.2) is 0 Å². The second kappa shape index (κ2) is 4.97. The minimum Gasteiger partial charge on any atom is -0.377 e. The van der Waals surface area contributed by atoms with E-state index in [0.29, 0.717) is 0 Å². The zero-order valence-electron chi connectivity index (χ0n) is 9.37. The Morgan fingerprint density at radius 2 is 1.71 bits per heavy atom. The highest BCUT2D eigenvalue weighted by molar-refractivity contribution is 5.67. The number of hydrogen-bond donors (Lipinski definition) is 0. The van der Waals surface area contributed by atoms with Crippen LogP contribution in [0.1, 0.15) is 26.3 Å². The third-order valence-corrected chi connectivity index (χ3v) is 2.76. The normalized spacial score (nSPS) is 14.9. The Bertz CT molecular complexity index is 311. The predicted molar refractivity (Wildman–Crippen MR) is 61.2 cm³/mol. The van der Waals surface area contributed by atoms with Gasteiger partial charge in [0.1, 0.15) is 0 Å². The van der Waals surface area contributed by atoms with Crippen LogP contribution < -0.4 is 0 Å². The molecule has 0 N–H and O–H groups in total. The molecule has 1 unspecified atom stereocenters. The van der Waals surface area contributed by atoms with Gasteiger partial charge < -0.3 is 4.74 Å². The summed E-state index contributed by atoms with van der Waals surface area (Å²) in [5.41, 5.74) is 3.87. The summed E-state index contributed by atoms with van der Waals surface area (Å²) in [5, 5.41) is 0. The third-order valence-electron chi connectivity index (χ3n) is 2.76. The molecule has 0 amide bonds. The lowest BCUT2D eigenvalue weighted by atomic mass is 10.00. The van der Waals surface area contributed by atoms with Gasteiger partial charge in [0.05, 0.1) is 6.10 Å². The molecule has 0 heterocycles. The molecule has 0 bridgehead atoms. The largest absolute Gasteiger partial charge is 0.377 e. The van der Waals surface area contributed by atoms with Crippen molar-refractivity contribution in [3.63, 3.8) is 0 Å². The highest BCUT2D eigenvalue weighted by Gasteiger charge is 2.06. The Hall–Kier alpha value is -1.08. The Kier molecular flexibility index (Phi) is 3.90. The van der Waals surface area contributed by atoms with Crippen LogP contribution in [0.5, 0.6) is 0 Å². The van der Waals surface area contributed by atoms with Crippen molar-refractivity contribution in [1.29, 1.82) is 0 Å². The summed E-state index contributed by atoms with van der Waals surface area (Å²) < 4.78 is 5.30. The molecule has 0 radical (unpaired) electrons. The summed E-state index contributed by atoms with van der Waals surface area (Å²) in [6.07, 6.45) is 0.190. The summed E-state index contributed by atoms with van der Waals surface area (Å²) >= 11 is 0. The maximum atomic E-state index is 5.30. The maximum Gasteiger partial charge on any atom is 0.0756 e. The fourth-order valence-electron chi connectivity index (χ4n) is 1.40. The number of allylic oxidation sites excluding steroid dienone is 1. The van der Waals surface area contributed by atoms with Crippen molar-refractivity contribution >= 4 is 5.57 Å². The maximum absolute atomic E-state index is 5.30. The molecule has 0 fully saturated rings. The predicted octanol–water partition coefficient (Wildman–Crippen LogP) is 3.51. The molecule has 1 rings (SSSR count). The fraction of sp³-hybridized carbons (Fsp3) is 0.385. The molecule has 0 aliphatic carbocycles. The first kappa shape index (κ1) is 11.0. The number of ether oxygens (including phenoxy) is 1. The number of rotatable bonds is 3. The molecule has 1 aromatic carbocycles. The van der Waals surface area contributed by atoms with Gasteiger partial charge in [0.15, 0.2) is 0 Å². The lowest BCUT2D eigenvalue weighted by molar-refractivity contribution is 0.147. The molecule has 0 aliphatic rings. The SMILES string of the molecule is COC(C)/C(C)=C(\C)c1ccccc1. The zero-order chi connectivity index (χ0) is 10.6. The van der Waals surface area contributed by atoms with Crippen LogP contribution in [0.3, 0.4) is 0 Å². The smallest absolute Gasteiger partial charge is 0.0756 e.